The Morgan fingerprint density at radius 3 is 2.57 bits per heavy atom. The van der Waals surface area contributed by atoms with Crippen molar-refractivity contribution in [2.24, 2.45) is 0 Å². The number of rotatable bonds is 3. The van der Waals surface area contributed by atoms with Crippen molar-refractivity contribution >= 4 is 11.0 Å². The summed E-state index contributed by atoms with van der Waals surface area (Å²) < 4.78 is 25.5. The van der Waals surface area contributed by atoms with Crippen molar-refractivity contribution in [2.45, 2.75) is 19.8 Å². The van der Waals surface area contributed by atoms with Crippen molar-refractivity contribution in [3.63, 3.8) is 0 Å². The van der Waals surface area contributed by atoms with E-state index in [0.717, 1.165) is 0 Å². The summed E-state index contributed by atoms with van der Waals surface area (Å²) in [6.45, 7) is 3.80. The summed E-state index contributed by atoms with van der Waals surface area (Å²) in [7, 11) is 1.50. The molecule has 0 saturated heterocycles. The largest absolute Gasteiger partial charge is 0.496 e. The normalized spacial score (nSPS) is 11.2. The number of hydrogen-bond acceptors (Lipinski definition) is 3. The molecule has 0 aliphatic rings. The van der Waals surface area contributed by atoms with Crippen molar-refractivity contribution in [1.82, 2.24) is 0 Å². The number of fused-ring (bicyclic) bond motifs is 1. The molecule has 3 rings (SSSR count). The van der Waals surface area contributed by atoms with Crippen LogP contribution in [0, 0.1) is 5.82 Å². The summed E-state index contributed by atoms with van der Waals surface area (Å²) in [6.07, 6.45) is 0. The highest BCUT2D eigenvalue weighted by atomic mass is 19.1. The van der Waals surface area contributed by atoms with Crippen LogP contribution in [0.3, 0.4) is 0 Å². The third-order valence-electron chi connectivity index (χ3n) is 3.81. The van der Waals surface area contributed by atoms with E-state index in [2.05, 4.69) is 0 Å². The Balaban J connectivity index is 2.23. The highest BCUT2D eigenvalue weighted by molar-refractivity contribution is 5.78. The van der Waals surface area contributed by atoms with Crippen LogP contribution in [0.15, 0.2) is 51.7 Å². The number of hydrogen-bond donors (Lipinski definition) is 0. The van der Waals surface area contributed by atoms with Crippen LogP contribution in [-0.4, -0.2) is 7.11 Å². The first-order valence-corrected chi connectivity index (χ1v) is 7.42. The van der Waals surface area contributed by atoms with E-state index in [-0.39, 0.29) is 17.2 Å². The molecule has 3 nitrogen and oxygen atoms in total. The van der Waals surface area contributed by atoms with E-state index in [9.17, 15) is 9.18 Å². The van der Waals surface area contributed by atoms with E-state index in [4.69, 9.17) is 9.15 Å². The highest BCUT2D eigenvalue weighted by Gasteiger charge is 2.17. The molecular weight excluding hydrogens is 295 g/mol. The van der Waals surface area contributed by atoms with Gasteiger partial charge < -0.3 is 9.15 Å². The minimum atomic E-state index is -0.370. The van der Waals surface area contributed by atoms with Crippen molar-refractivity contribution < 1.29 is 13.5 Å². The van der Waals surface area contributed by atoms with Crippen molar-refractivity contribution in [1.29, 1.82) is 0 Å². The first-order valence-electron chi connectivity index (χ1n) is 7.42. The Labute approximate surface area is 133 Å². The number of ether oxygens (including phenoxy) is 1. The fourth-order valence-electron chi connectivity index (χ4n) is 2.71. The van der Waals surface area contributed by atoms with Crippen LogP contribution in [0.25, 0.3) is 22.3 Å². The van der Waals surface area contributed by atoms with Crippen LogP contribution in [-0.2, 0) is 0 Å². The molecule has 118 valence electrons. The van der Waals surface area contributed by atoms with Gasteiger partial charge in [0.2, 0.25) is 0 Å². The smallest absolute Gasteiger partial charge is 0.193 e. The molecular formula is C19H17FO3. The van der Waals surface area contributed by atoms with E-state index >= 15 is 0 Å². The molecule has 0 aliphatic heterocycles. The molecule has 1 aromatic heterocycles. The predicted molar refractivity (Wildman–Crippen MR) is 88.5 cm³/mol. The fourth-order valence-corrected chi connectivity index (χ4v) is 2.71. The van der Waals surface area contributed by atoms with Gasteiger partial charge in [-0.2, -0.15) is 0 Å². The summed E-state index contributed by atoms with van der Waals surface area (Å²) in [5.41, 5.74) is 1.31. The maximum Gasteiger partial charge on any atom is 0.193 e. The van der Waals surface area contributed by atoms with Gasteiger partial charge in [0.1, 0.15) is 22.9 Å². The van der Waals surface area contributed by atoms with E-state index in [1.807, 2.05) is 13.8 Å². The predicted octanol–water partition coefficient (Wildman–Crippen LogP) is 4.73. The third kappa shape index (κ3) is 2.72. The molecule has 1 heterocycles. The SMILES string of the molecule is COc1cc(-c2cc(=O)c3ccccc3o2)cc(F)c1C(C)C. The summed E-state index contributed by atoms with van der Waals surface area (Å²) >= 11 is 0. The zero-order valence-corrected chi connectivity index (χ0v) is 13.2. The molecule has 0 aliphatic carbocycles. The molecule has 0 radical (unpaired) electrons. The van der Waals surface area contributed by atoms with Gasteiger partial charge in [0.25, 0.3) is 0 Å². The lowest BCUT2D eigenvalue weighted by Gasteiger charge is -2.14. The first kappa shape index (κ1) is 15.3. The third-order valence-corrected chi connectivity index (χ3v) is 3.81. The standard InChI is InChI=1S/C19H17FO3/c1-11(2)19-14(20)8-12(9-18(19)22-3)17-10-15(21)13-6-4-5-7-16(13)23-17/h4-11H,1-3H3. The second-order valence-electron chi connectivity index (χ2n) is 5.70. The zero-order valence-electron chi connectivity index (χ0n) is 13.2. The van der Waals surface area contributed by atoms with Crippen LogP contribution in [0.4, 0.5) is 4.39 Å². The Morgan fingerprint density at radius 2 is 1.87 bits per heavy atom. The Hall–Kier alpha value is -2.62. The number of benzene rings is 2. The molecule has 0 N–H and O–H groups in total. The molecule has 4 heteroatoms. The summed E-state index contributed by atoms with van der Waals surface area (Å²) in [5, 5.41) is 0.502. The first-order chi connectivity index (χ1) is 11.0. The Morgan fingerprint density at radius 1 is 1.13 bits per heavy atom. The fraction of sp³-hybridized carbons (Fsp3) is 0.211. The zero-order chi connectivity index (χ0) is 16.6. The van der Waals surface area contributed by atoms with Crippen LogP contribution >= 0.6 is 0 Å². The van der Waals surface area contributed by atoms with Crippen molar-refractivity contribution in [3.8, 4) is 17.1 Å². The molecule has 0 fully saturated rings. The van der Waals surface area contributed by atoms with Gasteiger partial charge in [-0.3, -0.25) is 4.79 Å². The van der Waals surface area contributed by atoms with Crippen LogP contribution in [0.2, 0.25) is 0 Å². The molecule has 3 aromatic rings. The van der Waals surface area contributed by atoms with Gasteiger partial charge in [-0.05, 0) is 30.2 Å². The number of halogens is 1. The lowest BCUT2D eigenvalue weighted by molar-refractivity contribution is 0.401. The molecule has 23 heavy (non-hydrogen) atoms. The average Bonchev–Trinajstić information content (AvgIpc) is 2.53. The van der Waals surface area contributed by atoms with Gasteiger partial charge in [0.05, 0.1) is 12.5 Å². The van der Waals surface area contributed by atoms with E-state index in [1.165, 1.54) is 19.2 Å². The van der Waals surface area contributed by atoms with Crippen LogP contribution in [0.5, 0.6) is 5.75 Å². The summed E-state index contributed by atoms with van der Waals surface area (Å²) in [4.78, 5) is 12.2. The molecule has 0 amide bonds. The lowest BCUT2D eigenvalue weighted by atomic mass is 9.98. The van der Waals surface area contributed by atoms with E-state index in [0.29, 0.717) is 33.6 Å². The topological polar surface area (TPSA) is 39.4 Å². The number of methoxy groups -OCH3 is 1. The monoisotopic (exact) mass is 312 g/mol. The quantitative estimate of drug-likeness (QED) is 0.702. The summed E-state index contributed by atoms with van der Waals surface area (Å²) in [6, 6.07) is 11.4. The minimum absolute atomic E-state index is 0.0115. The van der Waals surface area contributed by atoms with Gasteiger partial charge in [-0.25, -0.2) is 4.39 Å². The van der Waals surface area contributed by atoms with Gasteiger partial charge in [0.15, 0.2) is 5.43 Å². The van der Waals surface area contributed by atoms with Gasteiger partial charge in [-0.15, -0.1) is 0 Å². The van der Waals surface area contributed by atoms with Gasteiger partial charge in [-0.1, -0.05) is 26.0 Å². The maximum atomic E-state index is 14.4. The molecule has 0 atom stereocenters. The molecule has 0 unspecified atom stereocenters. The second-order valence-corrected chi connectivity index (χ2v) is 5.70. The molecule has 0 bridgehead atoms. The Kier molecular flexibility index (Phi) is 3.90. The van der Waals surface area contributed by atoms with Crippen LogP contribution < -0.4 is 10.2 Å². The minimum Gasteiger partial charge on any atom is -0.496 e. The Bertz CT molecular complexity index is 926. The maximum absolute atomic E-state index is 14.4. The molecule has 0 spiro atoms. The van der Waals surface area contributed by atoms with Gasteiger partial charge >= 0.3 is 0 Å². The highest BCUT2D eigenvalue weighted by Crippen LogP contribution is 2.34. The van der Waals surface area contributed by atoms with E-state index < -0.39 is 0 Å². The second kappa shape index (κ2) is 5.88. The van der Waals surface area contributed by atoms with Crippen molar-refractivity contribution in [3.05, 3.63) is 64.1 Å². The molecule has 2 aromatic carbocycles. The molecule has 0 saturated carbocycles. The van der Waals surface area contributed by atoms with E-state index in [1.54, 1.807) is 30.3 Å². The van der Waals surface area contributed by atoms with Crippen molar-refractivity contribution in [2.75, 3.05) is 7.11 Å². The number of para-hydroxylation sites is 1. The lowest BCUT2D eigenvalue weighted by Crippen LogP contribution is -2.02. The average molecular weight is 312 g/mol. The summed E-state index contributed by atoms with van der Waals surface area (Å²) in [5.74, 6) is 0.389. The van der Waals surface area contributed by atoms with Gasteiger partial charge in [0, 0.05) is 17.2 Å². The van der Waals surface area contributed by atoms with Crippen LogP contribution in [0.1, 0.15) is 25.3 Å².